The normalized spacial score (nSPS) is 17.1. The monoisotopic (exact) mass is 435 g/mol. The molecule has 6 nitrogen and oxygen atoms in total. The summed E-state index contributed by atoms with van der Waals surface area (Å²) in [5.74, 6) is 0.954. The van der Waals surface area contributed by atoms with Gasteiger partial charge in [-0.15, -0.1) is 24.0 Å². The lowest BCUT2D eigenvalue weighted by atomic mass is 10.1. The van der Waals surface area contributed by atoms with Crippen molar-refractivity contribution < 1.29 is 4.74 Å². The van der Waals surface area contributed by atoms with Gasteiger partial charge < -0.3 is 15.0 Å². The highest BCUT2D eigenvalue weighted by atomic mass is 127. The van der Waals surface area contributed by atoms with Gasteiger partial charge >= 0.3 is 0 Å². The van der Waals surface area contributed by atoms with Crippen molar-refractivity contribution in [3.63, 3.8) is 0 Å². The second-order valence-electron chi connectivity index (χ2n) is 6.76. The van der Waals surface area contributed by atoms with Crippen LogP contribution in [0.3, 0.4) is 0 Å². The highest BCUT2D eigenvalue weighted by Crippen LogP contribution is 2.20. The van der Waals surface area contributed by atoms with Crippen molar-refractivity contribution in [1.82, 2.24) is 20.0 Å². The second-order valence-corrected chi connectivity index (χ2v) is 6.76. The fourth-order valence-corrected chi connectivity index (χ4v) is 2.76. The summed E-state index contributed by atoms with van der Waals surface area (Å²) in [7, 11) is 3.79. The Morgan fingerprint density at radius 1 is 1.39 bits per heavy atom. The molecule has 132 valence electrons. The zero-order valence-electron chi connectivity index (χ0n) is 14.9. The van der Waals surface area contributed by atoms with Crippen LogP contribution in [0.4, 0.5) is 0 Å². The SMILES string of the molecule is CN=C(NCc1ccnn1C)N1CCC(OC(C)(C)C)CC1.I. The average Bonchev–Trinajstić information content (AvgIpc) is 2.85. The maximum atomic E-state index is 6.08. The molecule has 1 saturated heterocycles. The maximum Gasteiger partial charge on any atom is 0.193 e. The van der Waals surface area contributed by atoms with Crippen molar-refractivity contribution in [2.24, 2.45) is 12.0 Å². The number of ether oxygens (including phenoxy) is 1. The number of hydrogen-bond donors (Lipinski definition) is 1. The number of nitrogens with one attached hydrogen (secondary N) is 1. The zero-order chi connectivity index (χ0) is 16.2. The van der Waals surface area contributed by atoms with Gasteiger partial charge in [-0.25, -0.2) is 0 Å². The van der Waals surface area contributed by atoms with Crippen molar-refractivity contribution in [2.45, 2.75) is 51.9 Å². The molecule has 1 aromatic heterocycles. The third-order valence-corrected chi connectivity index (χ3v) is 3.82. The van der Waals surface area contributed by atoms with Gasteiger partial charge in [0.15, 0.2) is 5.96 Å². The summed E-state index contributed by atoms with van der Waals surface area (Å²) < 4.78 is 7.96. The molecule has 0 unspecified atom stereocenters. The van der Waals surface area contributed by atoms with Crippen molar-refractivity contribution >= 4 is 29.9 Å². The van der Waals surface area contributed by atoms with Gasteiger partial charge in [0.2, 0.25) is 0 Å². The Hall–Kier alpha value is -0.830. The van der Waals surface area contributed by atoms with E-state index in [0.29, 0.717) is 6.10 Å². The van der Waals surface area contributed by atoms with Gasteiger partial charge in [-0.2, -0.15) is 5.10 Å². The topological polar surface area (TPSA) is 54.7 Å². The number of aliphatic imine (C=N–C) groups is 1. The second kappa shape index (κ2) is 8.86. The summed E-state index contributed by atoms with van der Waals surface area (Å²) in [6, 6.07) is 2.02. The molecular formula is C16H30IN5O. The van der Waals surface area contributed by atoms with Crippen LogP contribution in [0.5, 0.6) is 0 Å². The van der Waals surface area contributed by atoms with E-state index in [-0.39, 0.29) is 29.6 Å². The molecule has 0 aromatic carbocycles. The highest BCUT2D eigenvalue weighted by Gasteiger charge is 2.25. The molecule has 7 heteroatoms. The van der Waals surface area contributed by atoms with Gasteiger partial charge in [0.1, 0.15) is 0 Å². The van der Waals surface area contributed by atoms with E-state index in [4.69, 9.17) is 4.74 Å². The van der Waals surface area contributed by atoms with E-state index in [2.05, 4.69) is 41.1 Å². The van der Waals surface area contributed by atoms with Crippen molar-refractivity contribution in [3.05, 3.63) is 18.0 Å². The average molecular weight is 435 g/mol. The minimum atomic E-state index is -0.0632. The van der Waals surface area contributed by atoms with E-state index in [9.17, 15) is 0 Å². The summed E-state index contributed by atoms with van der Waals surface area (Å²) in [5.41, 5.74) is 1.08. The summed E-state index contributed by atoms with van der Waals surface area (Å²) in [6.45, 7) is 9.05. The number of halogens is 1. The Bertz CT molecular complexity index is 501. The third-order valence-electron chi connectivity index (χ3n) is 3.82. The molecule has 0 aliphatic carbocycles. The molecular weight excluding hydrogens is 405 g/mol. The van der Waals surface area contributed by atoms with E-state index in [1.165, 1.54) is 0 Å². The number of rotatable bonds is 3. The van der Waals surface area contributed by atoms with Crippen LogP contribution in [0.25, 0.3) is 0 Å². The fraction of sp³-hybridized carbons (Fsp3) is 0.750. The van der Waals surface area contributed by atoms with Crippen LogP contribution in [0.1, 0.15) is 39.3 Å². The number of aromatic nitrogens is 2. The predicted octanol–water partition coefficient (Wildman–Crippen LogP) is 2.39. The summed E-state index contributed by atoms with van der Waals surface area (Å²) in [4.78, 5) is 6.71. The number of guanidine groups is 1. The molecule has 0 saturated carbocycles. The molecule has 1 aromatic rings. The molecule has 1 aliphatic heterocycles. The Morgan fingerprint density at radius 2 is 2.04 bits per heavy atom. The van der Waals surface area contributed by atoms with Crippen LogP contribution < -0.4 is 5.32 Å². The quantitative estimate of drug-likeness (QED) is 0.450. The highest BCUT2D eigenvalue weighted by molar-refractivity contribution is 14.0. The first-order valence-corrected chi connectivity index (χ1v) is 7.99. The van der Waals surface area contributed by atoms with Crippen molar-refractivity contribution in [2.75, 3.05) is 20.1 Å². The van der Waals surface area contributed by atoms with Crippen molar-refractivity contribution in [1.29, 1.82) is 0 Å². The van der Waals surface area contributed by atoms with Gasteiger partial charge in [0.05, 0.1) is 23.9 Å². The van der Waals surface area contributed by atoms with Crippen LogP contribution in [-0.4, -0.2) is 52.5 Å². The number of hydrogen-bond acceptors (Lipinski definition) is 3. The molecule has 0 radical (unpaired) electrons. The molecule has 0 amide bonds. The Labute approximate surface area is 156 Å². The van der Waals surface area contributed by atoms with Crippen LogP contribution in [0.2, 0.25) is 0 Å². The molecule has 2 heterocycles. The standard InChI is InChI=1S/C16H29N5O.HI/c1-16(2,3)22-14-7-10-21(11-8-14)15(17-4)18-12-13-6-9-19-20(13)5;/h6,9,14H,7-8,10-12H2,1-5H3,(H,17,18);1H. The van der Waals surface area contributed by atoms with Gasteiger partial charge in [-0.3, -0.25) is 9.67 Å². The van der Waals surface area contributed by atoms with Crippen molar-refractivity contribution in [3.8, 4) is 0 Å². The maximum absolute atomic E-state index is 6.08. The minimum Gasteiger partial charge on any atom is -0.372 e. The van der Waals surface area contributed by atoms with Crippen LogP contribution in [0, 0.1) is 0 Å². The lowest BCUT2D eigenvalue weighted by molar-refractivity contribution is -0.0772. The van der Waals surface area contributed by atoms with E-state index < -0.39 is 0 Å². The summed E-state index contributed by atoms with van der Waals surface area (Å²) in [6.07, 6.45) is 4.26. The minimum absolute atomic E-state index is 0. The first-order valence-electron chi connectivity index (χ1n) is 7.99. The first kappa shape index (κ1) is 20.2. The Kier molecular flexibility index (Phi) is 7.79. The lowest BCUT2D eigenvalue weighted by Crippen LogP contribution is -2.47. The Morgan fingerprint density at radius 3 is 2.52 bits per heavy atom. The number of likely N-dealkylation sites (tertiary alicyclic amines) is 1. The summed E-state index contributed by atoms with van der Waals surface area (Å²) in [5, 5.41) is 7.60. The molecule has 1 fully saturated rings. The van der Waals surface area contributed by atoms with Crippen LogP contribution in [-0.2, 0) is 18.3 Å². The van der Waals surface area contributed by atoms with E-state index in [1.807, 2.05) is 31.0 Å². The number of aryl methyl sites for hydroxylation is 1. The third kappa shape index (κ3) is 6.29. The summed E-state index contributed by atoms with van der Waals surface area (Å²) >= 11 is 0. The molecule has 23 heavy (non-hydrogen) atoms. The van der Waals surface area contributed by atoms with Gasteiger partial charge in [-0.05, 0) is 39.7 Å². The van der Waals surface area contributed by atoms with Gasteiger partial charge in [-0.1, -0.05) is 0 Å². The number of piperidine rings is 1. The van der Waals surface area contributed by atoms with Crippen LogP contribution >= 0.6 is 24.0 Å². The zero-order valence-corrected chi connectivity index (χ0v) is 17.2. The molecule has 0 spiro atoms. The lowest BCUT2D eigenvalue weighted by Gasteiger charge is -2.36. The van der Waals surface area contributed by atoms with E-state index >= 15 is 0 Å². The van der Waals surface area contributed by atoms with Gasteiger partial charge in [0.25, 0.3) is 0 Å². The van der Waals surface area contributed by atoms with E-state index in [1.54, 1.807) is 0 Å². The van der Waals surface area contributed by atoms with E-state index in [0.717, 1.165) is 44.1 Å². The Balaban J connectivity index is 0.00000264. The number of nitrogens with zero attached hydrogens (tertiary/aromatic N) is 4. The first-order chi connectivity index (χ1) is 10.4. The molecule has 0 atom stereocenters. The molecule has 2 rings (SSSR count). The predicted molar refractivity (Wildman–Crippen MR) is 104 cm³/mol. The van der Waals surface area contributed by atoms with Gasteiger partial charge in [0, 0.05) is 33.4 Å². The molecule has 1 aliphatic rings. The smallest absolute Gasteiger partial charge is 0.193 e. The molecule has 0 bridgehead atoms. The fourth-order valence-electron chi connectivity index (χ4n) is 2.76. The molecule has 1 N–H and O–H groups in total. The van der Waals surface area contributed by atoms with Crippen LogP contribution in [0.15, 0.2) is 17.3 Å². The largest absolute Gasteiger partial charge is 0.372 e.